The number of amides is 2. The van der Waals surface area contributed by atoms with Crippen LogP contribution in [-0.2, 0) is 22.6 Å². The van der Waals surface area contributed by atoms with Gasteiger partial charge in [0.15, 0.2) is 0 Å². The smallest absolute Gasteiger partial charge is 0.242 e. The van der Waals surface area contributed by atoms with Crippen LogP contribution in [0.5, 0.6) is 0 Å². The van der Waals surface area contributed by atoms with Crippen LogP contribution in [0.3, 0.4) is 0 Å². The van der Waals surface area contributed by atoms with Crippen molar-refractivity contribution in [3.05, 3.63) is 23.3 Å². The highest BCUT2D eigenvalue weighted by Crippen LogP contribution is 2.18. The van der Waals surface area contributed by atoms with E-state index in [1.807, 2.05) is 6.20 Å². The van der Waals surface area contributed by atoms with E-state index in [1.54, 1.807) is 0 Å². The second-order valence-corrected chi connectivity index (χ2v) is 7.22. The molecule has 1 aromatic rings. The number of hydrogen-bond acceptors (Lipinski definition) is 5. The summed E-state index contributed by atoms with van der Waals surface area (Å²) in [6, 6.07) is -0.401. The van der Waals surface area contributed by atoms with Gasteiger partial charge in [-0.1, -0.05) is 13.8 Å². The highest BCUT2D eigenvalue weighted by atomic mass is 16.2. The Morgan fingerprint density at radius 2 is 2.28 bits per heavy atom. The van der Waals surface area contributed by atoms with Gasteiger partial charge in [0.2, 0.25) is 11.8 Å². The van der Waals surface area contributed by atoms with Crippen molar-refractivity contribution >= 4 is 11.8 Å². The topological polar surface area (TPSA) is 87.2 Å². The first-order valence-corrected chi connectivity index (χ1v) is 9.17. The van der Waals surface area contributed by atoms with Crippen molar-refractivity contribution < 1.29 is 9.59 Å². The lowest BCUT2D eigenvalue weighted by Crippen LogP contribution is -2.49. The Kier molecular flexibility index (Phi) is 5.63. The summed E-state index contributed by atoms with van der Waals surface area (Å²) in [4.78, 5) is 35.5. The molecule has 7 heteroatoms. The molecule has 3 heterocycles. The van der Waals surface area contributed by atoms with Crippen LogP contribution in [0.25, 0.3) is 0 Å². The Balaban J connectivity index is 1.57. The molecule has 2 aliphatic rings. The highest BCUT2D eigenvalue weighted by molar-refractivity contribution is 5.88. The summed E-state index contributed by atoms with van der Waals surface area (Å²) in [7, 11) is 0. The van der Waals surface area contributed by atoms with Gasteiger partial charge in [0.1, 0.15) is 11.9 Å². The molecule has 1 fully saturated rings. The van der Waals surface area contributed by atoms with E-state index >= 15 is 0 Å². The lowest BCUT2D eigenvalue weighted by molar-refractivity contribution is -0.129. The van der Waals surface area contributed by atoms with E-state index in [4.69, 9.17) is 0 Å². The third-order valence-electron chi connectivity index (χ3n) is 4.80. The average Bonchev–Trinajstić information content (AvgIpc) is 2.78. The molecule has 2 N–H and O–H groups in total. The van der Waals surface area contributed by atoms with Crippen LogP contribution >= 0.6 is 0 Å². The molecule has 0 aromatic carbocycles. The Morgan fingerprint density at radius 3 is 3.08 bits per heavy atom. The molecule has 25 heavy (non-hydrogen) atoms. The van der Waals surface area contributed by atoms with Gasteiger partial charge in [-0.05, 0) is 31.2 Å². The molecule has 3 rings (SSSR count). The zero-order valence-electron chi connectivity index (χ0n) is 15.0. The monoisotopic (exact) mass is 345 g/mol. The predicted octanol–water partition coefficient (Wildman–Crippen LogP) is 0.743. The van der Waals surface area contributed by atoms with Crippen molar-refractivity contribution in [2.75, 3.05) is 19.6 Å². The molecule has 2 amide bonds. The standard InChI is InChI=1S/C18H27N5O2/c1-12(2)17-20-9-13-6-8-23(10-15(13)22-17)11-16(24)21-14-5-3-4-7-19-18(14)25/h9,12,14H,3-8,10-11H2,1-2H3,(H,19,25)(H,21,24). The first-order chi connectivity index (χ1) is 12.0. The number of nitrogens with one attached hydrogen (secondary N) is 2. The van der Waals surface area contributed by atoms with Crippen molar-refractivity contribution in [1.82, 2.24) is 25.5 Å². The number of aromatic nitrogens is 2. The molecule has 1 unspecified atom stereocenters. The minimum absolute atomic E-state index is 0.0656. The molecule has 7 nitrogen and oxygen atoms in total. The maximum absolute atomic E-state index is 12.4. The van der Waals surface area contributed by atoms with E-state index in [2.05, 4.69) is 39.3 Å². The number of carbonyl (C=O) groups excluding carboxylic acids is 2. The molecule has 0 radical (unpaired) electrons. The van der Waals surface area contributed by atoms with E-state index in [1.165, 1.54) is 5.56 Å². The van der Waals surface area contributed by atoms with Crippen LogP contribution < -0.4 is 10.6 Å². The Morgan fingerprint density at radius 1 is 1.44 bits per heavy atom. The number of hydrogen-bond donors (Lipinski definition) is 2. The van der Waals surface area contributed by atoms with Crippen molar-refractivity contribution in [1.29, 1.82) is 0 Å². The fourth-order valence-electron chi connectivity index (χ4n) is 3.31. The molecule has 1 saturated heterocycles. The van der Waals surface area contributed by atoms with E-state index in [0.717, 1.165) is 37.3 Å². The van der Waals surface area contributed by atoms with Gasteiger partial charge in [0.25, 0.3) is 0 Å². The number of nitrogens with zero attached hydrogens (tertiary/aromatic N) is 3. The van der Waals surface area contributed by atoms with E-state index < -0.39 is 6.04 Å². The maximum Gasteiger partial charge on any atom is 0.242 e. The van der Waals surface area contributed by atoms with Gasteiger partial charge in [-0.3, -0.25) is 14.5 Å². The van der Waals surface area contributed by atoms with E-state index in [0.29, 0.717) is 26.1 Å². The van der Waals surface area contributed by atoms with Crippen molar-refractivity contribution in [2.24, 2.45) is 0 Å². The predicted molar refractivity (Wildman–Crippen MR) is 93.9 cm³/mol. The number of rotatable bonds is 4. The normalized spacial score (nSPS) is 21.4. The quantitative estimate of drug-likeness (QED) is 0.841. The second-order valence-electron chi connectivity index (χ2n) is 7.22. The van der Waals surface area contributed by atoms with Gasteiger partial charge in [-0.15, -0.1) is 0 Å². The summed E-state index contributed by atoms with van der Waals surface area (Å²) in [5.41, 5.74) is 2.19. The van der Waals surface area contributed by atoms with Gasteiger partial charge < -0.3 is 10.6 Å². The first kappa shape index (κ1) is 17.8. The third kappa shape index (κ3) is 4.54. The first-order valence-electron chi connectivity index (χ1n) is 9.17. The van der Waals surface area contributed by atoms with Gasteiger partial charge in [0.05, 0.1) is 12.2 Å². The Labute approximate surface area is 148 Å². The molecule has 0 bridgehead atoms. The number of carbonyl (C=O) groups is 2. The largest absolute Gasteiger partial charge is 0.354 e. The van der Waals surface area contributed by atoms with Crippen LogP contribution in [0.1, 0.15) is 56.1 Å². The minimum Gasteiger partial charge on any atom is -0.354 e. The molecule has 0 spiro atoms. The Bertz CT molecular complexity index is 646. The third-order valence-corrected chi connectivity index (χ3v) is 4.80. The summed E-state index contributed by atoms with van der Waals surface area (Å²) in [6.45, 7) is 6.61. The van der Waals surface area contributed by atoms with Gasteiger partial charge in [-0.2, -0.15) is 0 Å². The average molecular weight is 345 g/mol. The molecule has 2 aliphatic heterocycles. The summed E-state index contributed by atoms with van der Waals surface area (Å²) < 4.78 is 0. The second kappa shape index (κ2) is 7.91. The summed E-state index contributed by atoms with van der Waals surface area (Å²) >= 11 is 0. The van der Waals surface area contributed by atoms with Crippen LogP contribution in [-0.4, -0.2) is 52.4 Å². The summed E-state index contributed by atoms with van der Waals surface area (Å²) in [6.07, 6.45) is 5.41. The molecule has 0 saturated carbocycles. The van der Waals surface area contributed by atoms with Gasteiger partial charge in [-0.25, -0.2) is 9.97 Å². The van der Waals surface area contributed by atoms with Crippen LogP contribution in [0, 0.1) is 0 Å². The van der Waals surface area contributed by atoms with Gasteiger partial charge >= 0.3 is 0 Å². The lowest BCUT2D eigenvalue weighted by Gasteiger charge is -2.28. The number of fused-ring (bicyclic) bond motifs is 1. The SMILES string of the molecule is CC(C)c1ncc2c(n1)CN(CC(=O)NC1CCCCNC1=O)CC2. The van der Waals surface area contributed by atoms with Crippen LogP contribution in [0.2, 0.25) is 0 Å². The highest BCUT2D eigenvalue weighted by Gasteiger charge is 2.25. The minimum atomic E-state index is -0.401. The molecule has 1 atom stereocenters. The fourth-order valence-corrected chi connectivity index (χ4v) is 3.31. The fraction of sp³-hybridized carbons (Fsp3) is 0.667. The van der Waals surface area contributed by atoms with Gasteiger partial charge in [0, 0.05) is 31.7 Å². The maximum atomic E-state index is 12.4. The molecule has 1 aromatic heterocycles. The Hall–Kier alpha value is -2.02. The zero-order chi connectivity index (χ0) is 17.8. The van der Waals surface area contributed by atoms with Crippen LogP contribution in [0.15, 0.2) is 6.20 Å². The van der Waals surface area contributed by atoms with Crippen molar-refractivity contribution in [2.45, 2.75) is 58.0 Å². The van der Waals surface area contributed by atoms with E-state index in [-0.39, 0.29) is 17.7 Å². The molecular weight excluding hydrogens is 318 g/mol. The van der Waals surface area contributed by atoms with E-state index in [9.17, 15) is 9.59 Å². The molecular formula is C18H27N5O2. The molecule has 0 aliphatic carbocycles. The van der Waals surface area contributed by atoms with Crippen molar-refractivity contribution in [3.63, 3.8) is 0 Å². The summed E-state index contributed by atoms with van der Waals surface area (Å²) in [5, 5.41) is 5.73. The summed E-state index contributed by atoms with van der Waals surface area (Å²) in [5.74, 6) is 0.977. The van der Waals surface area contributed by atoms with Crippen LogP contribution in [0.4, 0.5) is 0 Å². The van der Waals surface area contributed by atoms with Crippen molar-refractivity contribution in [3.8, 4) is 0 Å². The lowest BCUT2D eigenvalue weighted by atomic mass is 10.1. The zero-order valence-corrected chi connectivity index (χ0v) is 15.0. The molecule has 136 valence electrons.